The number of rotatable bonds is 7. The van der Waals surface area contributed by atoms with Crippen LogP contribution in [0.4, 0.5) is 14.5 Å². The Kier molecular flexibility index (Phi) is 5.84. The van der Waals surface area contributed by atoms with Gasteiger partial charge in [0.25, 0.3) is 0 Å². The van der Waals surface area contributed by atoms with E-state index >= 15 is 0 Å². The first-order chi connectivity index (χ1) is 16.9. The second-order valence-corrected chi connectivity index (χ2v) is 11.1. The SMILES string of the molecule is [B]C(CCC)Cn1c(C(C)(C)C)cc2cc(NC(=O)C3(c4ccc5c(c4)OC(F)(F)O5)CC3)ccc21. The molecule has 8 heteroatoms. The normalized spacial score (nSPS) is 18.3. The summed E-state index contributed by atoms with van der Waals surface area (Å²) in [6.07, 6.45) is -0.419. The van der Waals surface area contributed by atoms with Crippen LogP contribution in [-0.4, -0.2) is 24.6 Å². The number of fused-ring (bicyclic) bond motifs is 2. The molecular weight excluding hydrogens is 461 g/mol. The van der Waals surface area contributed by atoms with Crippen LogP contribution in [0, 0.1) is 0 Å². The number of hydrogen-bond acceptors (Lipinski definition) is 3. The molecule has 3 aromatic rings. The highest BCUT2D eigenvalue weighted by Crippen LogP contribution is 2.52. The molecule has 2 radical (unpaired) electrons. The van der Waals surface area contributed by atoms with E-state index in [1.807, 2.05) is 18.2 Å². The van der Waals surface area contributed by atoms with E-state index in [0.29, 0.717) is 24.1 Å². The van der Waals surface area contributed by atoms with Gasteiger partial charge in [-0.1, -0.05) is 52.4 Å². The van der Waals surface area contributed by atoms with Crippen LogP contribution in [0.1, 0.15) is 64.6 Å². The van der Waals surface area contributed by atoms with Crippen LogP contribution in [0.3, 0.4) is 0 Å². The average molecular weight is 492 g/mol. The number of nitrogens with zero attached hydrogens (tertiary/aromatic N) is 1. The van der Waals surface area contributed by atoms with E-state index in [1.54, 1.807) is 6.07 Å². The number of carbonyl (C=O) groups excluding carboxylic acids is 1. The fourth-order valence-electron chi connectivity index (χ4n) is 5.13. The minimum absolute atomic E-state index is 0.0248. The number of aromatic nitrogens is 1. The number of benzene rings is 2. The molecule has 1 aromatic heterocycles. The van der Waals surface area contributed by atoms with Gasteiger partial charge in [-0.15, -0.1) is 8.78 Å². The van der Waals surface area contributed by atoms with Gasteiger partial charge in [-0.05, 0) is 54.8 Å². The van der Waals surface area contributed by atoms with Crippen LogP contribution in [-0.2, 0) is 22.2 Å². The van der Waals surface area contributed by atoms with Gasteiger partial charge in [0, 0.05) is 34.2 Å². The van der Waals surface area contributed by atoms with Crippen molar-refractivity contribution >= 4 is 30.3 Å². The molecule has 5 rings (SSSR count). The Morgan fingerprint density at radius 1 is 1.11 bits per heavy atom. The molecule has 1 unspecified atom stereocenters. The van der Waals surface area contributed by atoms with Crippen molar-refractivity contribution in [2.24, 2.45) is 0 Å². The van der Waals surface area contributed by atoms with Crippen LogP contribution in [0.2, 0.25) is 5.82 Å². The maximum absolute atomic E-state index is 13.4. The van der Waals surface area contributed by atoms with Crippen molar-refractivity contribution in [2.75, 3.05) is 5.32 Å². The summed E-state index contributed by atoms with van der Waals surface area (Å²) in [5.74, 6) is -0.158. The maximum Gasteiger partial charge on any atom is 0.586 e. The van der Waals surface area contributed by atoms with Gasteiger partial charge < -0.3 is 19.4 Å². The average Bonchev–Trinajstić information content (AvgIpc) is 3.43. The Morgan fingerprint density at radius 3 is 2.50 bits per heavy atom. The monoisotopic (exact) mass is 492 g/mol. The summed E-state index contributed by atoms with van der Waals surface area (Å²) in [7, 11) is 6.40. The lowest BCUT2D eigenvalue weighted by Crippen LogP contribution is -2.27. The van der Waals surface area contributed by atoms with E-state index in [2.05, 4.69) is 53.1 Å². The highest BCUT2D eigenvalue weighted by Gasteiger charge is 2.52. The summed E-state index contributed by atoms with van der Waals surface area (Å²) in [6.45, 7) is 9.43. The summed E-state index contributed by atoms with van der Waals surface area (Å²) in [5.41, 5.74) is 2.79. The first-order valence-corrected chi connectivity index (χ1v) is 12.5. The zero-order valence-corrected chi connectivity index (χ0v) is 21.2. The first kappa shape index (κ1) is 24.7. The van der Waals surface area contributed by atoms with Gasteiger partial charge in [0.1, 0.15) is 0 Å². The van der Waals surface area contributed by atoms with Crippen molar-refractivity contribution < 1.29 is 23.0 Å². The maximum atomic E-state index is 13.4. The van der Waals surface area contributed by atoms with Crippen molar-refractivity contribution in [1.82, 2.24) is 4.57 Å². The van der Waals surface area contributed by atoms with E-state index in [1.165, 1.54) is 17.8 Å². The highest BCUT2D eigenvalue weighted by molar-refractivity contribution is 6.11. The molecule has 1 atom stereocenters. The number of nitrogens with one attached hydrogen (secondary N) is 1. The molecule has 5 nitrogen and oxygen atoms in total. The molecule has 1 saturated carbocycles. The fourth-order valence-corrected chi connectivity index (χ4v) is 5.13. The zero-order valence-electron chi connectivity index (χ0n) is 21.2. The largest absolute Gasteiger partial charge is 0.586 e. The highest BCUT2D eigenvalue weighted by atomic mass is 19.3. The smallest absolute Gasteiger partial charge is 0.395 e. The topological polar surface area (TPSA) is 52.5 Å². The van der Waals surface area contributed by atoms with Gasteiger partial charge in [0.2, 0.25) is 5.91 Å². The number of alkyl halides is 2. The second kappa shape index (κ2) is 8.53. The van der Waals surface area contributed by atoms with Crippen LogP contribution in [0.15, 0.2) is 42.5 Å². The molecule has 1 fully saturated rings. The van der Waals surface area contributed by atoms with E-state index in [4.69, 9.17) is 7.85 Å². The molecule has 0 saturated heterocycles. The van der Waals surface area contributed by atoms with Gasteiger partial charge in [0.05, 0.1) is 13.3 Å². The molecule has 1 amide bonds. The van der Waals surface area contributed by atoms with Crippen molar-refractivity contribution in [3.8, 4) is 11.5 Å². The predicted octanol–water partition coefficient (Wildman–Crippen LogP) is 6.69. The lowest BCUT2D eigenvalue weighted by Gasteiger charge is -2.24. The standard InChI is InChI=1S/C28H31BF2N2O3/c1-5-6-19(29)16-33-21-9-8-20(13-17(21)14-24(33)26(2,3)4)32-25(34)27(11-12-27)18-7-10-22-23(15-18)36-28(30,31)35-22/h7-10,13-15,19H,5-6,11-12,16H2,1-4H3,(H,32,34). The molecule has 1 aliphatic carbocycles. The summed E-state index contributed by atoms with van der Waals surface area (Å²) in [6, 6.07) is 12.7. The lowest BCUT2D eigenvalue weighted by molar-refractivity contribution is -0.286. The summed E-state index contributed by atoms with van der Waals surface area (Å²) in [4.78, 5) is 13.4. The molecule has 2 aliphatic rings. The Morgan fingerprint density at radius 2 is 1.83 bits per heavy atom. The van der Waals surface area contributed by atoms with Crippen molar-refractivity contribution in [2.45, 2.75) is 82.9 Å². The Balaban J connectivity index is 1.40. The molecular formula is C28H31BF2N2O3. The Hall–Kier alpha value is -3.03. The van der Waals surface area contributed by atoms with Crippen molar-refractivity contribution in [1.29, 1.82) is 0 Å². The molecule has 1 aliphatic heterocycles. The lowest BCUT2D eigenvalue weighted by atomic mass is 9.83. The van der Waals surface area contributed by atoms with Gasteiger partial charge >= 0.3 is 6.29 Å². The number of ether oxygens (including phenoxy) is 2. The molecule has 0 spiro atoms. The molecule has 2 heterocycles. The number of hydrogen-bond donors (Lipinski definition) is 1. The number of carbonyl (C=O) groups is 1. The summed E-state index contributed by atoms with van der Waals surface area (Å²) >= 11 is 0. The third-order valence-electron chi connectivity index (χ3n) is 7.14. The minimum atomic E-state index is -3.68. The van der Waals surface area contributed by atoms with E-state index < -0.39 is 11.7 Å². The molecule has 0 bridgehead atoms. The Labute approximate surface area is 211 Å². The third kappa shape index (κ3) is 4.46. The van der Waals surface area contributed by atoms with Gasteiger partial charge in [-0.3, -0.25) is 4.79 Å². The van der Waals surface area contributed by atoms with Gasteiger partial charge in [-0.25, -0.2) is 0 Å². The summed E-state index contributed by atoms with van der Waals surface area (Å²) < 4.78 is 38.2. The van der Waals surface area contributed by atoms with Crippen LogP contribution < -0.4 is 14.8 Å². The van der Waals surface area contributed by atoms with Gasteiger partial charge in [0.15, 0.2) is 11.5 Å². The van der Waals surface area contributed by atoms with E-state index in [0.717, 1.165) is 30.3 Å². The Bertz CT molecular complexity index is 1320. The number of anilines is 1. The molecule has 36 heavy (non-hydrogen) atoms. The molecule has 1 N–H and O–H groups in total. The second-order valence-electron chi connectivity index (χ2n) is 11.1. The third-order valence-corrected chi connectivity index (χ3v) is 7.14. The minimum Gasteiger partial charge on any atom is -0.395 e. The first-order valence-electron chi connectivity index (χ1n) is 12.5. The fraction of sp³-hybridized carbons (Fsp3) is 0.464. The number of amides is 1. The molecule has 188 valence electrons. The van der Waals surface area contributed by atoms with Crippen molar-refractivity contribution in [3.63, 3.8) is 0 Å². The summed E-state index contributed by atoms with van der Waals surface area (Å²) in [5, 5.41) is 4.09. The predicted molar refractivity (Wildman–Crippen MR) is 137 cm³/mol. The van der Waals surface area contributed by atoms with Crippen LogP contribution in [0.25, 0.3) is 10.9 Å². The van der Waals surface area contributed by atoms with E-state index in [-0.39, 0.29) is 28.6 Å². The van der Waals surface area contributed by atoms with Gasteiger partial charge in [-0.2, -0.15) is 0 Å². The number of halogens is 2. The van der Waals surface area contributed by atoms with E-state index in [9.17, 15) is 13.6 Å². The van der Waals surface area contributed by atoms with Crippen LogP contribution >= 0.6 is 0 Å². The molecule has 2 aromatic carbocycles. The van der Waals surface area contributed by atoms with Crippen molar-refractivity contribution in [3.05, 3.63) is 53.7 Å². The quantitative estimate of drug-likeness (QED) is 0.374. The zero-order chi connectivity index (χ0) is 25.9. The van der Waals surface area contributed by atoms with Crippen LogP contribution in [0.5, 0.6) is 11.5 Å².